The lowest BCUT2D eigenvalue weighted by Crippen LogP contribution is -2.65. The van der Waals surface area contributed by atoms with E-state index in [1.807, 2.05) is 71.0 Å². The van der Waals surface area contributed by atoms with Gasteiger partial charge in [-0.15, -0.1) is 0 Å². The fraction of sp³-hybridized carbons (Fsp3) is 0.562. The van der Waals surface area contributed by atoms with E-state index < -0.39 is 23.4 Å². The fourth-order valence-electron chi connectivity index (χ4n) is 5.81. The second kappa shape index (κ2) is 15.6. The van der Waals surface area contributed by atoms with E-state index in [4.69, 9.17) is 31.6 Å². The molecule has 0 N–H and O–H groups in total. The zero-order chi connectivity index (χ0) is 30.8. The monoisotopic (exact) mass is 630 g/mol. The molecule has 0 aromatic heterocycles. The summed E-state index contributed by atoms with van der Waals surface area (Å²) in [6.45, 7) is 16.5. The molecule has 0 aliphatic carbocycles. The summed E-state index contributed by atoms with van der Waals surface area (Å²) in [6.07, 6.45) is 5.94. The Morgan fingerprint density at radius 2 is 1.02 bits per heavy atom. The molecule has 0 saturated heterocycles. The van der Waals surface area contributed by atoms with Crippen molar-refractivity contribution >= 4 is 29.8 Å². The minimum atomic E-state index is -2.81. The summed E-state index contributed by atoms with van der Waals surface area (Å²) in [5, 5.41) is 0. The molecule has 0 bridgehead atoms. The minimum absolute atomic E-state index is 0.552. The standard InChI is InChI=1S/C32H50N2O7Si2/c1-7-35-42(6,36-8-2)24-16-22-33-26-28-18-12-14-20-30(28)40-32(33)34(27-29-19-13-15-21-31(29)41-32)23-17-25-43(37-9-3,38-10-4)39-11-5/h12-15,18-21,26-27H,7-11,16-17,22-25H2,1-6H3/q+2. The highest BCUT2D eigenvalue weighted by Gasteiger charge is 2.64. The number of nitrogens with zero attached hydrogens (tertiary/aromatic N) is 2. The maximum Gasteiger partial charge on any atom is 0.703 e. The number of ether oxygens (including phenoxy) is 2. The van der Waals surface area contributed by atoms with E-state index in [0.717, 1.165) is 41.5 Å². The Labute approximate surface area is 259 Å². The normalized spacial score (nSPS) is 17.9. The number of hydrogen-bond acceptors (Lipinski definition) is 7. The van der Waals surface area contributed by atoms with Crippen LogP contribution in [0.3, 0.4) is 0 Å². The summed E-state index contributed by atoms with van der Waals surface area (Å²) < 4.78 is 48.9. The van der Waals surface area contributed by atoms with Crippen molar-refractivity contribution in [3.63, 3.8) is 0 Å². The van der Waals surface area contributed by atoms with Gasteiger partial charge >= 0.3 is 23.4 Å². The molecule has 4 rings (SSSR count). The van der Waals surface area contributed by atoms with Crippen LogP contribution in [0.1, 0.15) is 58.6 Å². The van der Waals surface area contributed by atoms with Crippen molar-refractivity contribution in [3.8, 4) is 11.5 Å². The van der Waals surface area contributed by atoms with E-state index in [1.165, 1.54) is 0 Å². The third-order valence-corrected chi connectivity index (χ3v) is 13.8. The van der Waals surface area contributed by atoms with Crippen LogP contribution in [0.25, 0.3) is 0 Å². The number of hydrogen-bond donors (Lipinski definition) is 0. The quantitative estimate of drug-likeness (QED) is 0.156. The first-order chi connectivity index (χ1) is 20.9. The van der Waals surface area contributed by atoms with Crippen molar-refractivity contribution in [2.75, 3.05) is 46.1 Å². The lowest BCUT2D eigenvalue weighted by Gasteiger charge is -2.32. The molecule has 236 valence electrons. The van der Waals surface area contributed by atoms with Gasteiger partial charge in [0.2, 0.25) is 0 Å². The molecule has 0 amide bonds. The van der Waals surface area contributed by atoms with E-state index >= 15 is 0 Å². The van der Waals surface area contributed by atoms with Gasteiger partial charge in [-0.25, -0.2) is 0 Å². The molecule has 9 nitrogen and oxygen atoms in total. The van der Waals surface area contributed by atoms with Crippen LogP contribution in [-0.4, -0.2) is 91.1 Å². The predicted octanol–water partition coefficient (Wildman–Crippen LogP) is 5.62. The minimum Gasteiger partial charge on any atom is -0.395 e. The van der Waals surface area contributed by atoms with Crippen LogP contribution in [-0.2, 0) is 22.1 Å². The Balaban J connectivity index is 1.67. The van der Waals surface area contributed by atoms with E-state index in [0.29, 0.717) is 52.2 Å². The van der Waals surface area contributed by atoms with Crippen molar-refractivity contribution in [2.45, 2.75) is 72.1 Å². The lowest BCUT2D eigenvalue weighted by molar-refractivity contribution is -0.908. The third-order valence-electron chi connectivity index (χ3n) is 7.54. The van der Waals surface area contributed by atoms with Crippen LogP contribution in [0, 0.1) is 0 Å². The molecular formula is C32H50N2O7Si2+2. The molecule has 0 radical (unpaired) electrons. The van der Waals surface area contributed by atoms with Gasteiger partial charge < -0.3 is 31.6 Å². The van der Waals surface area contributed by atoms with Crippen LogP contribution >= 0.6 is 0 Å². The van der Waals surface area contributed by atoms with Crippen LogP contribution in [0.15, 0.2) is 48.5 Å². The molecule has 43 heavy (non-hydrogen) atoms. The Morgan fingerprint density at radius 1 is 0.605 bits per heavy atom. The van der Waals surface area contributed by atoms with Crippen molar-refractivity contribution in [2.24, 2.45) is 0 Å². The van der Waals surface area contributed by atoms with Crippen molar-refractivity contribution in [1.29, 1.82) is 0 Å². The molecule has 1 atom stereocenters. The number of benzene rings is 2. The summed E-state index contributed by atoms with van der Waals surface area (Å²) in [5.41, 5.74) is 2.02. The maximum absolute atomic E-state index is 6.88. The van der Waals surface area contributed by atoms with Gasteiger partial charge in [0.1, 0.15) is 0 Å². The molecular weight excluding hydrogens is 581 g/mol. The van der Waals surface area contributed by atoms with Crippen molar-refractivity contribution in [1.82, 2.24) is 0 Å². The molecule has 2 heterocycles. The largest absolute Gasteiger partial charge is 0.703 e. The van der Waals surface area contributed by atoms with E-state index in [2.05, 4.69) is 40.3 Å². The summed E-state index contributed by atoms with van der Waals surface area (Å²) in [4.78, 5) is 0. The predicted molar refractivity (Wildman–Crippen MR) is 172 cm³/mol. The second-order valence-corrected chi connectivity index (χ2v) is 16.7. The van der Waals surface area contributed by atoms with E-state index in [9.17, 15) is 0 Å². The van der Waals surface area contributed by atoms with Gasteiger partial charge in [-0.2, -0.15) is 0 Å². The van der Waals surface area contributed by atoms with Crippen LogP contribution in [0.5, 0.6) is 11.5 Å². The van der Waals surface area contributed by atoms with Gasteiger partial charge in [-0.05, 0) is 71.5 Å². The molecule has 2 aromatic carbocycles. The lowest BCUT2D eigenvalue weighted by atomic mass is 10.1. The molecule has 1 unspecified atom stereocenters. The molecule has 2 aromatic rings. The maximum atomic E-state index is 6.88. The SMILES string of the molecule is CCO[Si](C)(CCC[N+]1=Cc2ccccc2OC12Oc1ccccc1C=[N+]2CCC[Si](OCC)(OCC)OCC)OCC. The highest BCUT2D eigenvalue weighted by atomic mass is 28.4. The Kier molecular flexibility index (Phi) is 12.1. The fourth-order valence-corrected chi connectivity index (χ4v) is 10.8. The van der Waals surface area contributed by atoms with Crippen LogP contribution in [0.4, 0.5) is 0 Å². The molecule has 1 spiro atoms. The van der Waals surface area contributed by atoms with Gasteiger partial charge in [-0.1, -0.05) is 33.4 Å². The van der Waals surface area contributed by atoms with Gasteiger partial charge in [0.15, 0.2) is 37.0 Å². The summed E-state index contributed by atoms with van der Waals surface area (Å²) in [7, 11) is -5.10. The number of fused-ring (bicyclic) bond motifs is 2. The van der Waals surface area contributed by atoms with Crippen LogP contribution < -0.4 is 9.47 Å². The third kappa shape index (κ3) is 8.02. The Bertz CT molecular complexity index is 1230. The average Bonchev–Trinajstić information content (AvgIpc) is 2.98. The second-order valence-electron chi connectivity index (χ2n) is 10.7. The van der Waals surface area contributed by atoms with Gasteiger partial charge in [0, 0.05) is 51.9 Å². The van der Waals surface area contributed by atoms with Crippen molar-refractivity contribution < 1.29 is 40.8 Å². The molecule has 2 aliphatic rings. The Morgan fingerprint density at radius 3 is 1.47 bits per heavy atom. The van der Waals surface area contributed by atoms with Gasteiger partial charge in [-0.3, -0.25) is 0 Å². The zero-order valence-electron chi connectivity index (χ0n) is 26.8. The summed E-state index contributed by atoms with van der Waals surface area (Å²) in [5.74, 6) is 1.56. The highest BCUT2D eigenvalue weighted by Crippen LogP contribution is 2.35. The van der Waals surface area contributed by atoms with E-state index in [-0.39, 0.29) is 0 Å². The first kappa shape index (κ1) is 33.5. The summed E-state index contributed by atoms with van der Waals surface area (Å²) >= 11 is 0. The average molecular weight is 631 g/mol. The first-order valence-corrected chi connectivity index (χ1v) is 20.3. The molecule has 0 fully saturated rings. The Hall–Kier alpha value is -2.39. The van der Waals surface area contributed by atoms with E-state index in [1.54, 1.807) is 0 Å². The zero-order valence-corrected chi connectivity index (χ0v) is 28.8. The highest BCUT2D eigenvalue weighted by molar-refractivity contribution is 6.66. The molecule has 11 heteroatoms. The molecule has 2 aliphatic heterocycles. The molecule has 0 saturated carbocycles. The first-order valence-electron chi connectivity index (χ1n) is 15.9. The van der Waals surface area contributed by atoms with Gasteiger partial charge in [0.05, 0.1) is 11.1 Å². The smallest absolute Gasteiger partial charge is 0.395 e. The summed E-state index contributed by atoms with van der Waals surface area (Å²) in [6, 6.07) is 16.5. The topological polar surface area (TPSA) is 70.6 Å². The number of rotatable bonds is 18. The van der Waals surface area contributed by atoms with Crippen LogP contribution in [0.2, 0.25) is 18.6 Å². The van der Waals surface area contributed by atoms with Crippen molar-refractivity contribution in [3.05, 3.63) is 59.7 Å². The number of para-hydroxylation sites is 2. The van der Waals surface area contributed by atoms with Gasteiger partial charge in [0.25, 0.3) is 0 Å².